The molecule has 0 saturated heterocycles. The van der Waals surface area contributed by atoms with Gasteiger partial charge in [-0.15, -0.1) is 0 Å². The maximum absolute atomic E-state index is 6.58. The van der Waals surface area contributed by atoms with Gasteiger partial charge >= 0.3 is 0 Å². The van der Waals surface area contributed by atoms with Crippen LogP contribution in [0.25, 0.3) is 44.2 Å². The first kappa shape index (κ1) is 26.2. The van der Waals surface area contributed by atoms with Crippen molar-refractivity contribution in [2.75, 3.05) is 0 Å². The van der Waals surface area contributed by atoms with Crippen LogP contribution in [0.5, 0.6) is 11.5 Å². The molecule has 0 bridgehead atoms. The zero-order valence-corrected chi connectivity index (χ0v) is 24.7. The number of benzene rings is 4. The first-order chi connectivity index (χ1) is 22.8. The molecule has 216 valence electrons. The van der Waals surface area contributed by atoms with E-state index in [1.165, 1.54) is 0 Å². The van der Waals surface area contributed by atoms with Crippen molar-refractivity contribution in [3.8, 4) is 33.9 Å². The van der Waals surface area contributed by atoms with E-state index >= 15 is 0 Å². The predicted molar refractivity (Wildman–Crippen MR) is 182 cm³/mol. The zero-order chi connectivity index (χ0) is 30.5. The van der Waals surface area contributed by atoms with Crippen LogP contribution in [-0.4, -0.2) is 19.9 Å². The van der Waals surface area contributed by atoms with Gasteiger partial charge in [0.15, 0.2) is 0 Å². The average molecular weight is 591 g/mol. The lowest BCUT2D eigenvalue weighted by Gasteiger charge is -2.41. The van der Waals surface area contributed by atoms with E-state index in [9.17, 15) is 0 Å². The number of pyridine rings is 4. The fraction of sp³-hybridized carbons (Fsp3) is 0.0244. The highest BCUT2D eigenvalue weighted by atomic mass is 16.5. The lowest BCUT2D eigenvalue weighted by Crippen LogP contribution is -2.34. The van der Waals surface area contributed by atoms with Crippen LogP contribution in [0.2, 0.25) is 0 Å². The second kappa shape index (κ2) is 10.5. The van der Waals surface area contributed by atoms with Gasteiger partial charge in [-0.05, 0) is 70.8 Å². The zero-order valence-electron chi connectivity index (χ0n) is 24.7. The van der Waals surface area contributed by atoms with Crippen molar-refractivity contribution < 1.29 is 4.74 Å². The summed E-state index contributed by atoms with van der Waals surface area (Å²) in [6.45, 7) is 0. The minimum atomic E-state index is -0.686. The molecule has 0 N–H and O–H groups in total. The van der Waals surface area contributed by atoms with Gasteiger partial charge in [-0.25, -0.2) is 4.98 Å². The summed E-state index contributed by atoms with van der Waals surface area (Å²) >= 11 is 0. The van der Waals surface area contributed by atoms with E-state index < -0.39 is 5.41 Å². The SMILES string of the molecule is c1cc(-c2ccc3c(c2)C(c2cccnc2)(c2cccnc2)c2ccccc2O3)cc(-c2ccc3ccc4cccnc4c3n2)c1. The van der Waals surface area contributed by atoms with Gasteiger partial charge in [0.1, 0.15) is 11.5 Å². The Morgan fingerprint density at radius 3 is 1.98 bits per heavy atom. The maximum Gasteiger partial charge on any atom is 0.132 e. The summed E-state index contributed by atoms with van der Waals surface area (Å²) in [4.78, 5) is 18.9. The molecule has 0 saturated carbocycles. The van der Waals surface area contributed by atoms with E-state index in [1.807, 2.05) is 61.3 Å². The molecular formula is C41H26N4O. The minimum Gasteiger partial charge on any atom is -0.457 e. The quantitative estimate of drug-likeness (QED) is 0.191. The Morgan fingerprint density at radius 2 is 1.17 bits per heavy atom. The van der Waals surface area contributed by atoms with E-state index in [4.69, 9.17) is 9.72 Å². The molecule has 0 radical (unpaired) electrons. The van der Waals surface area contributed by atoms with Crippen LogP contribution in [0.15, 0.2) is 158 Å². The van der Waals surface area contributed by atoms with Gasteiger partial charge < -0.3 is 4.74 Å². The second-order valence-electron chi connectivity index (χ2n) is 11.5. The van der Waals surface area contributed by atoms with Gasteiger partial charge in [-0.2, -0.15) is 0 Å². The summed E-state index contributed by atoms with van der Waals surface area (Å²) in [6, 6.07) is 44.0. The van der Waals surface area contributed by atoms with Crippen LogP contribution in [0.1, 0.15) is 22.3 Å². The number of hydrogen-bond donors (Lipinski definition) is 0. The minimum absolute atomic E-state index is 0.686. The van der Waals surface area contributed by atoms with Gasteiger partial charge in [-0.3, -0.25) is 15.0 Å². The van der Waals surface area contributed by atoms with Gasteiger partial charge in [0.05, 0.1) is 22.1 Å². The number of ether oxygens (including phenoxy) is 1. The number of aromatic nitrogens is 4. The number of nitrogens with zero attached hydrogens (tertiary/aromatic N) is 4. The van der Waals surface area contributed by atoms with Crippen molar-refractivity contribution in [2.45, 2.75) is 5.41 Å². The van der Waals surface area contributed by atoms with Gasteiger partial charge in [0.2, 0.25) is 0 Å². The Kier molecular flexibility index (Phi) is 5.96. The Morgan fingerprint density at radius 1 is 0.478 bits per heavy atom. The number of fused-ring (bicyclic) bond motifs is 5. The summed E-state index contributed by atoms with van der Waals surface area (Å²) in [5.74, 6) is 1.63. The second-order valence-corrected chi connectivity index (χ2v) is 11.5. The Balaban J connectivity index is 1.24. The molecule has 4 aromatic carbocycles. The summed E-state index contributed by atoms with van der Waals surface area (Å²) in [7, 11) is 0. The molecule has 9 rings (SSSR count). The van der Waals surface area contributed by atoms with E-state index in [-0.39, 0.29) is 0 Å². The predicted octanol–water partition coefficient (Wildman–Crippen LogP) is 9.40. The van der Waals surface area contributed by atoms with Gasteiger partial charge in [-0.1, -0.05) is 78.9 Å². The van der Waals surface area contributed by atoms with Crippen molar-refractivity contribution in [1.82, 2.24) is 19.9 Å². The Hall–Kier alpha value is -6.20. The molecule has 8 aromatic rings. The summed E-state index contributed by atoms with van der Waals surface area (Å²) in [5.41, 5.74) is 9.43. The molecule has 1 aliphatic rings. The van der Waals surface area contributed by atoms with Crippen LogP contribution in [0.3, 0.4) is 0 Å². The molecular weight excluding hydrogens is 564 g/mol. The summed E-state index contributed by atoms with van der Waals surface area (Å²) in [5, 5.41) is 2.15. The molecule has 0 aliphatic carbocycles. The maximum atomic E-state index is 6.58. The standard InChI is InChI=1S/C41H26N4O/c1-2-13-37-34(12-1)41(32-10-5-20-42-25-32,33-11-6-21-43-26-33)35-24-30(17-19-38(35)46-37)29-7-3-8-31(23-29)36-18-16-28-15-14-27-9-4-22-44-39(27)40(28)45-36/h1-26H. The van der Waals surface area contributed by atoms with Crippen LogP contribution < -0.4 is 4.74 Å². The number of hydrogen-bond acceptors (Lipinski definition) is 5. The highest BCUT2D eigenvalue weighted by Crippen LogP contribution is 2.55. The van der Waals surface area contributed by atoms with Crippen molar-refractivity contribution >= 4 is 21.8 Å². The number of para-hydroxylation sites is 1. The van der Waals surface area contributed by atoms with Crippen molar-refractivity contribution in [3.05, 3.63) is 181 Å². The van der Waals surface area contributed by atoms with Crippen LogP contribution >= 0.6 is 0 Å². The van der Waals surface area contributed by atoms with E-state index in [0.717, 1.165) is 77.9 Å². The largest absolute Gasteiger partial charge is 0.457 e. The first-order valence-corrected chi connectivity index (χ1v) is 15.3. The third-order valence-electron chi connectivity index (χ3n) is 9.01. The monoisotopic (exact) mass is 590 g/mol. The molecule has 1 aliphatic heterocycles. The van der Waals surface area contributed by atoms with E-state index in [1.54, 1.807) is 0 Å². The third kappa shape index (κ3) is 4.02. The molecule has 0 atom stereocenters. The third-order valence-corrected chi connectivity index (χ3v) is 9.01. The molecule has 5 nitrogen and oxygen atoms in total. The molecule has 5 heterocycles. The van der Waals surface area contributed by atoms with Gasteiger partial charge in [0, 0.05) is 58.4 Å². The van der Waals surface area contributed by atoms with Crippen LogP contribution in [-0.2, 0) is 5.41 Å². The van der Waals surface area contributed by atoms with Crippen LogP contribution in [0.4, 0.5) is 0 Å². The number of rotatable bonds is 4. The smallest absolute Gasteiger partial charge is 0.132 e. The average Bonchev–Trinajstić information content (AvgIpc) is 3.14. The van der Waals surface area contributed by atoms with Gasteiger partial charge in [0.25, 0.3) is 0 Å². The highest BCUT2D eigenvalue weighted by molar-refractivity contribution is 6.03. The fourth-order valence-electron chi connectivity index (χ4n) is 6.92. The van der Waals surface area contributed by atoms with E-state index in [2.05, 4.69) is 112 Å². The molecule has 5 heteroatoms. The molecule has 0 amide bonds. The van der Waals surface area contributed by atoms with Crippen molar-refractivity contribution in [1.29, 1.82) is 0 Å². The summed E-state index contributed by atoms with van der Waals surface area (Å²) < 4.78 is 6.58. The Bertz CT molecular complexity index is 2370. The van der Waals surface area contributed by atoms with Crippen molar-refractivity contribution in [3.63, 3.8) is 0 Å². The highest BCUT2D eigenvalue weighted by Gasteiger charge is 2.45. The van der Waals surface area contributed by atoms with Crippen LogP contribution in [0, 0.1) is 0 Å². The molecule has 0 spiro atoms. The Labute approximate surface area is 265 Å². The lowest BCUT2D eigenvalue weighted by atomic mass is 9.64. The fourth-order valence-corrected chi connectivity index (χ4v) is 6.92. The topological polar surface area (TPSA) is 60.8 Å². The molecule has 46 heavy (non-hydrogen) atoms. The van der Waals surface area contributed by atoms with E-state index in [0.29, 0.717) is 0 Å². The lowest BCUT2D eigenvalue weighted by molar-refractivity contribution is 0.434. The molecule has 0 fully saturated rings. The molecule has 4 aromatic heterocycles. The molecule has 0 unspecified atom stereocenters. The van der Waals surface area contributed by atoms with Crippen molar-refractivity contribution in [2.24, 2.45) is 0 Å². The summed E-state index contributed by atoms with van der Waals surface area (Å²) in [6.07, 6.45) is 9.36. The normalized spacial score (nSPS) is 13.1. The first-order valence-electron chi connectivity index (χ1n) is 15.3.